The van der Waals surface area contributed by atoms with Crippen LogP contribution in [0.4, 0.5) is 4.39 Å². The molecule has 0 saturated carbocycles. The van der Waals surface area contributed by atoms with Crippen molar-refractivity contribution in [2.24, 2.45) is 5.92 Å². The second-order valence-corrected chi connectivity index (χ2v) is 7.82. The number of aromatic amines is 1. The van der Waals surface area contributed by atoms with Crippen molar-refractivity contribution in [1.82, 2.24) is 14.9 Å². The molecule has 0 spiro atoms. The van der Waals surface area contributed by atoms with E-state index in [1.807, 2.05) is 0 Å². The Bertz CT molecular complexity index is 905. The van der Waals surface area contributed by atoms with E-state index in [0.717, 1.165) is 0 Å². The van der Waals surface area contributed by atoms with Crippen LogP contribution in [-0.2, 0) is 14.2 Å². The van der Waals surface area contributed by atoms with Gasteiger partial charge in [0.05, 0.1) is 31.6 Å². The second-order valence-electron chi connectivity index (χ2n) is 7.82. The molecule has 1 aromatic heterocycles. The first-order valence-electron chi connectivity index (χ1n) is 9.73. The average Bonchev–Trinajstić information content (AvgIpc) is 3.53. The summed E-state index contributed by atoms with van der Waals surface area (Å²) < 4.78 is 30.5. The van der Waals surface area contributed by atoms with Gasteiger partial charge >= 0.3 is 5.69 Å². The quantitative estimate of drug-likeness (QED) is 0.206. The van der Waals surface area contributed by atoms with Crippen molar-refractivity contribution in [2.45, 2.75) is 55.2 Å². The molecule has 0 aliphatic carbocycles. The maximum absolute atomic E-state index is 13.5. The number of halogens is 1. The fourth-order valence-corrected chi connectivity index (χ4v) is 4.03. The fourth-order valence-electron chi connectivity index (χ4n) is 4.03. The molecule has 0 amide bonds. The normalized spacial score (nSPS) is 42.6. The van der Waals surface area contributed by atoms with E-state index in [0.29, 0.717) is 17.3 Å². The molecule has 3 aliphatic heterocycles. The van der Waals surface area contributed by atoms with Gasteiger partial charge in [0.25, 0.3) is 5.56 Å². The van der Waals surface area contributed by atoms with Gasteiger partial charge in [-0.05, 0) is 0 Å². The molecule has 0 bridgehead atoms. The largest absolute Gasteiger partial charge is 0.394 e. The summed E-state index contributed by atoms with van der Waals surface area (Å²) in [5, 5.41) is 53.7. The van der Waals surface area contributed by atoms with Crippen LogP contribution in [0.1, 0.15) is 6.23 Å². The van der Waals surface area contributed by atoms with Gasteiger partial charge in [0, 0.05) is 18.5 Å². The van der Waals surface area contributed by atoms with E-state index in [9.17, 15) is 39.5 Å². The van der Waals surface area contributed by atoms with Crippen LogP contribution in [-0.4, -0.2) is 104 Å². The number of rotatable bonds is 6. The van der Waals surface area contributed by atoms with Crippen LogP contribution in [0.2, 0.25) is 0 Å². The highest BCUT2D eigenvalue weighted by atomic mass is 19.1. The van der Waals surface area contributed by atoms with Crippen molar-refractivity contribution in [3.63, 3.8) is 0 Å². The van der Waals surface area contributed by atoms with Crippen molar-refractivity contribution < 1.29 is 44.1 Å². The highest BCUT2D eigenvalue weighted by Gasteiger charge is 2.51. The molecule has 7 N–H and O–H groups in total. The molecule has 0 radical (unpaired) electrons. The highest BCUT2D eigenvalue weighted by Crippen LogP contribution is 2.33. The zero-order chi connectivity index (χ0) is 22.4. The van der Waals surface area contributed by atoms with Crippen LogP contribution in [0.5, 0.6) is 0 Å². The summed E-state index contributed by atoms with van der Waals surface area (Å²) in [6, 6.07) is -0.102. The Morgan fingerprint density at radius 3 is 2.45 bits per heavy atom. The van der Waals surface area contributed by atoms with Gasteiger partial charge in [-0.2, -0.15) is 4.39 Å². The molecule has 0 aromatic carbocycles. The Morgan fingerprint density at radius 1 is 1.10 bits per heavy atom. The molecule has 1 aromatic rings. The summed E-state index contributed by atoms with van der Waals surface area (Å²) in [5.74, 6) is -1.83. The molecule has 3 fully saturated rings. The number of nitrogens with one attached hydrogen (secondary N) is 2. The first kappa shape index (κ1) is 22.4. The van der Waals surface area contributed by atoms with Crippen molar-refractivity contribution in [3.05, 3.63) is 32.9 Å². The lowest BCUT2D eigenvalue weighted by atomic mass is 9.86. The Morgan fingerprint density at radius 2 is 1.81 bits per heavy atom. The molecule has 3 saturated heterocycles. The molecule has 3 aliphatic rings. The van der Waals surface area contributed by atoms with Gasteiger partial charge in [-0.15, -0.1) is 0 Å². The highest BCUT2D eigenvalue weighted by molar-refractivity contribution is 5.02. The molecular weight excluding hydrogens is 425 g/mol. The lowest BCUT2D eigenvalue weighted by molar-refractivity contribution is -0.296. The lowest BCUT2D eigenvalue weighted by Gasteiger charge is -2.42. The standard InChI is InChI=1S/C17H24FN3O10/c18-5-2-21(17(28)20-14(5)27)15-12(25)10(23)8(30-15)4-29-16-13(26)11(24)9(6-1-19-6)7(3-22)31-16/h2,6-13,15-16,19,22-26H,1,3-4H2,(H,20,27,28). The van der Waals surface area contributed by atoms with Crippen LogP contribution in [0, 0.1) is 11.7 Å². The summed E-state index contributed by atoms with van der Waals surface area (Å²) in [4.78, 5) is 24.8. The minimum Gasteiger partial charge on any atom is -0.394 e. The molecule has 14 heteroatoms. The Balaban J connectivity index is 1.42. The summed E-state index contributed by atoms with van der Waals surface area (Å²) in [7, 11) is 0. The average molecular weight is 449 g/mol. The maximum atomic E-state index is 13.5. The van der Waals surface area contributed by atoms with Crippen LogP contribution < -0.4 is 16.6 Å². The summed E-state index contributed by atoms with van der Waals surface area (Å²) >= 11 is 0. The molecule has 10 unspecified atom stereocenters. The van der Waals surface area contributed by atoms with Gasteiger partial charge in [0.1, 0.15) is 24.4 Å². The van der Waals surface area contributed by atoms with Gasteiger partial charge < -0.3 is 45.1 Å². The number of H-pyrrole nitrogens is 1. The van der Waals surface area contributed by atoms with Crippen LogP contribution in [0.25, 0.3) is 0 Å². The predicted octanol–water partition coefficient (Wildman–Crippen LogP) is -4.66. The summed E-state index contributed by atoms with van der Waals surface area (Å²) in [6.07, 6.45) is -10.3. The first-order chi connectivity index (χ1) is 14.7. The third kappa shape index (κ3) is 4.18. The van der Waals surface area contributed by atoms with E-state index in [4.69, 9.17) is 14.2 Å². The minimum atomic E-state index is -1.66. The third-order valence-electron chi connectivity index (χ3n) is 5.81. The van der Waals surface area contributed by atoms with Crippen molar-refractivity contribution in [2.75, 3.05) is 19.8 Å². The van der Waals surface area contributed by atoms with Gasteiger partial charge in [-0.25, -0.2) is 4.79 Å². The Kier molecular flexibility index (Phi) is 6.26. The monoisotopic (exact) mass is 449 g/mol. The van der Waals surface area contributed by atoms with Crippen molar-refractivity contribution in [1.29, 1.82) is 0 Å². The number of aliphatic hydroxyl groups is 5. The first-order valence-corrected chi connectivity index (χ1v) is 9.73. The smallest absolute Gasteiger partial charge is 0.330 e. The maximum Gasteiger partial charge on any atom is 0.330 e. The molecule has 174 valence electrons. The SMILES string of the molecule is O=c1[nH]c(=O)n(C2OC(COC3OC(CO)C(C4CN4)C(O)C3O)C(O)C2O)cc1F. The van der Waals surface area contributed by atoms with Crippen LogP contribution in [0.15, 0.2) is 15.8 Å². The predicted molar refractivity (Wildman–Crippen MR) is 96.2 cm³/mol. The van der Waals surface area contributed by atoms with E-state index < -0.39 is 85.3 Å². The van der Waals surface area contributed by atoms with E-state index in [2.05, 4.69) is 5.32 Å². The number of hydrogen-bond donors (Lipinski definition) is 7. The van der Waals surface area contributed by atoms with Crippen LogP contribution >= 0.6 is 0 Å². The van der Waals surface area contributed by atoms with Gasteiger partial charge in [-0.1, -0.05) is 0 Å². The Labute approximate surface area is 173 Å². The van der Waals surface area contributed by atoms with Crippen molar-refractivity contribution in [3.8, 4) is 0 Å². The van der Waals surface area contributed by atoms with Gasteiger partial charge in [-0.3, -0.25) is 14.3 Å². The molecule has 4 rings (SSSR count). The number of aromatic nitrogens is 2. The molecule has 4 heterocycles. The van der Waals surface area contributed by atoms with E-state index in [1.54, 1.807) is 4.98 Å². The summed E-state index contributed by atoms with van der Waals surface area (Å²) in [6.45, 7) is -0.239. The molecule has 31 heavy (non-hydrogen) atoms. The zero-order valence-corrected chi connectivity index (χ0v) is 16.1. The van der Waals surface area contributed by atoms with Crippen LogP contribution in [0.3, 0.4) is 0 Å². The van der Waals surface area contributed by atoms with E-state index in [-0.39, 0.29) is 6.04 Å². The lowest BCUT2D eigenvalue weighted by Crippen LogP contribution is -2.58. The van der Waals surface area contributed by atoms with E-state index >= 15 is 0 Å². The van der Waals surface area contributed by atoms with Gasteiger partial charge in [0.15, 0.2) is 12.5 Å². The number of ether oxygens (including phenoxy) is 3. The second kappa shape index (κ2) is 8.65. The third-order valence-corrected chi connectivity index (χ3v) is 5.81. The van der Waals surface area contributed by atoms with E-state index in [1.165, 1.54) is 0 Å². The molecular formula is C17H24FN3O10. The summed E-state index contributed by atoms with van der Waals surface area (Å²) in [5.41, 5.74) is -2.29. The topological polar surface area (TPSA) is 206 Å². The van der Waals surface area contributed by atoms with Crippen molar-refractivity contribution >= 4 is 0 Å². The minimum absolute atomic E-state index is 0.102. The van der Waals surface area contributed by atoms with Gasteiger partial charge in [0.2, 0.25) is 5.82 Å². The Hall–Kier alpha value is -1.75. The number of nitrogens with zero attached hydrogens (tertiary/aromatic N) is 1. The fraction of sp³-hybridized carbons (Fsp3) is 0.765. The number of aliphatic hydroxyl groups excluding tert-OH is 5. The molecule has 13 nitrogen and oxygen atoms in total. The zero-order valence-electron chi connectivity index (χ0n) is 16.1. The number of hydrogen-bond acceptors (Lipinski definition) is 11. The molecule has 10 atom stereocenters.